The normalized spacial score (nSPS) is 11.7. The second-order valence-electron chi connectivity index (χ2n) is 4.81. The van der Waals surface area contributed by atoms with E-state index in [0.29, 0.717) is 25.9 Å². The lowest BCUT2D eigenvalue weighted by Gasteiger charge is -2.15. The number of nitrogens with one attached hydrogen (secondary N) is 1. The molecular weight excluding hydrogens is 270 g/mol. The number of ether oxygens (including phenoxy) is 1. The molecule has 0 saturated heterocycles. The Balaban J connectivity index is 2.51. The Morgan fingerprint density at radius 1 is 1.29 bits per heavy atom. The Bertz CT molecular complexity index is 473. The molecule has 116 valence electrons. The lowest BCUT2D eigenvalue weighted by Crippen LogP contribution is -2.36. The van der Waals surface area contributed by atoms with Gasteiger partial charge in [-0.05, 0) is 31.4 Å². The summed E-state index contributed by atoms with van der Waals surface area (Å²) >= 11 is 0. The van der Waals surface area contributed by atoms with E-state index >= 15 is 0 Å². The maximum absolute atomic E-state index is 11.9. The molecule has 0 heterocycles. The van der Waals surface area contributed by atoms with Crippen molar-refractivity contribution in [2.75, 3.05) is 6.61 Å². The first kappa shape index (κ1) is 17.0. The Labute approximate surface area is 125 Å². The molecule has 0 fully saturated rings. The number of aliphatic carboxylic acids is 1. The standard InChI is InChI=1S/C16H23NO4/c1-3-13(11-16(19)20)17-15(18)10-9-12-7-5-6-8-14(12)21-4-2/h5-8,13H,3-4,9-11H2,1-2H3,(H,17,18)(H,19,20). The number of benzene rings is 1. The lowest BCUT2D eigenvalue weighted by molar-refractivity contribution is -0.137. The predicted octanol–water partition coefficient (Wildman–Crippen LogP) is 2.39. The molecule has 5 nitrogen and oxygen atoms in total. The van der Waals surface area contributed by atoms with Crippen molar-refractivity contribution in [1.29, 1.82) is 0 Å². The van der Waals surface area contributed by atoms with Gasteiger partial charge in [-0.1, -0.05) is 25.1 Å². The maximum Gasteiger partial charge on any atom is 0.305 e. The summed E-state index contributed by atoms with van der Waals surface area (Å²) in [5.74, 6) is -0.233. The summed E-state index contributed by atoms with van der Waals surface area (Å²) in [6.45, 7) is 4.36. The summed E-state index contributed by atoms with van der Waals surface area (Å²) in [5.41, 5.74) is 0.987. The zero-order valence-corrected chi connectivity index (χ0v) is 12.6. The molecule has 1 rings (SSSR count). The molecule has 1 aromatic carbocycles. The van der Waals surface area contributed by atoms with Crippen LogP contribution in [0.15, 0.2) is 24.3 Å². The van der Waals surface area contributed by atoms with Crippen LogP contribution >= 0.6 is 0 Å². The van der Waals surface area contributed by atoms with Gasteiger partial charge in [0, 0.05) is 12.5 Å². The fraction of sp³-hybridized carbons (Fsp3) is 0.500. The number of hydrogen-bond acceptors (Lipinski definition) is 3. The van der Waals surface area contributed by atoms with E-state index in [9.17, 15) is 9.59 Å². The Morgan fingerprint density at radius 2 is 2.00 bits per heavy atom. The number of carboxylic acids is 1. The monoisotopic (exact) mass is 293 g/mol. The molecule has 21 heavy (non-hydrogen) atoms. The van der Waals surface area contributed by atoms with E-state index in [1.807, 2.05) is 38.1 Å². The van der Waals surface area contributed by atoms with Crippen molar-refractivity contribution in [3.63, 3.8) is 0 Å². The average molecular weight is 293 g/mol. The van der Waals surface area contributed by atoms with Crippen LogP contribution in [0.4, 0.5) is 0 Å². The molecule has 0 aliphatic carbocycles. The molecule has 5 heteroatoms. The second-order valence-corrected chi connectivity index (χ2v) is 4.81. The van der Waals surface area contributed by atoms with Gasteiger partial charge in [-0.3, -0.25) is 9.59 Å². The van der Waals surface area contributed by atoms with E-state index in [4.69, 9.17) is 9.84 Å². The van der Waals surface area contributed by atoms with Crippen molar-refractivity contribution >= 4 is 11.9 Å². The van der Waals surface area contributed by atoms with Gasteiger partial charge >= 0.3 is 5.97 Å². The highest BCUT2D eigenvalue weighted by molar-refractivity contribution is 5.77. The fourth-order valence-corrected chi connectivity index (χ4v) is 2.06. The van der Waals surface area contributed by atoms with Gasteiger partial charge in [0.15, 0.2) is 0 Å². The molecule has 1 aromatic rings. The third-order valence-electron chi connectivity index (χ3n) is 3.17. The van der Waals surface area contributed by atoms with Crippen LogP contribution in [0.1, 0.15) is 38.7 Å². The van der Waals surface area contributed by atoms with Crippen molar-refractivity contribution in [1.82, 2.24) is 5.32 Å². The highest BCUT2D eigenvalue weighted by atomic mass is 16.5. The number of carbonyl (C=O) groups is 2. The molecule has 0 aliphatic rings. The number of rotatable bonds is 9. The molecule has 2 N–H and O–H groups in total. The van der Waals surface area contributed by atoms with Gasteiger partial charge in [-0.25, -0.2) is 0 Å². The Kier molecular flexibility index (Phi) is 7.29. The molecule has 0 aliphatic heterocycles. The van der Waals surface area contributed by atoms with Crippen LogP contribution in [0.25, 0.3) is 0 Å². The number of hydrogen-bond donors (Lipinski definition) is 2. The second kappa shape index (κ2) is 9.00. The van der Waals surface area contributed by atoms with E-state index < -0.39 is 5.97 Å². The van der Waals surface area contributed by atoms with Crippen molar-refractivity contribution in [3.05, 3.63) is 29.8 Å². The minimum Gasteiger partial charge on any atom is -0.494 e. The molecule has 0 spiro atoms. The molecule has 1 amide bonds. The smallest absolute Gasteiger partial charge is 0.305 e. The van der Waals surface area contributed by atoms with Crippen molar-refractivity contribution in [2.45, 2.75) is 45.6 Å². The van der Waals surface area contributed by atoms with Crippen molar-refractivity contribution < 1.29 is 19.4 Å². The summed E-state index contributed by atoms with van der Waals surface area (Å²) in [7, 11) is 0. The minimum absolute atomic E-state index is 0.0439. The molecule has 0 saturated carbocycles. The molecule has 0 aromatic heterocycles. The van der Waals surface area contributed by atoms with Gasteiger partial charge in [0.25, 0.3) is 0 Å². The largest absolute Gasteiger partial charge is 0.494 e. The summed E-state index contributed by atoms with van der Waals surface area (Å²) < 4.78 is 5.51. The summed E-state index contributed by atoms with van der Waals surface area (Å²) in [6, 6.07) is 7.32. The van der Waals surface area contributed by atoms with Crippen LogP contribution in [0, 0.1) is 0 Å². The fourth-order valence-electron chi connectivity index (χ4n) is 2.06. The number of amides is 1. The van der Waals surface area contributed by atoms with Gasteiger partial charge in [0.1, 0.15) is 5.75 Å². The first-order valence-electron chi connectivity index (χ1n) is 7.28. The van der Waals surface area contributed by atoms with E-state index in [1.54, 1.807) is 0 Å². The van der Waals surface area contributed by atoms with E-state index in [1.165, 1.54) is 0 Å². The summed E-state index contributed by atoms with van der Waals surface area (Å²) in [6.07, 6.45) is 1.46. The van der Waals surface area contributed by atoms with Crippen LogP contribution in [-0.4, -0.2) is 29.6 Å². The molecule has 1 atom stereocenters. The van der Waals surface area contributed by atoms with Crippen molar-refractivity contribution in [2.24, 2.45) is 0 Å². The number of aryl methyl sites for hydroxylation is 1. The van der Waals surface area contributed by atoms with E-state index in [0.717, 1.165) is 11.3 Å². The van der Waals surface area contributed by atoms with Crippen LogP contribution in [-0.2, 0) is 16.0 Å². The topological polar surface area (TPSA) is 75.6 Å². The van der Waals surface area contributed by atoms with Crippen LogP contribution < -0.4 is 10.1 Å². The maximum atomic E-state index is 11.9. The summed E-state index contributed by atoms with van der Waals surface area (Å²) in [4.78, 5) is 22.6. The zero-order valence-electron chi connectivity index (χ0n) is 12.6. The first-order valence-corrected chi connectivity index (χ1v) is 7.28. The zero-order chi connectivity index (χ0) is 15.7. The molecule has 0 bridgehead atoms. The SMILES string of the molecule is CCOc1ccccc1CCC(=O)NC(CC)CC(=O)O. The molecule has 0 radical (unpaired) electrons. The summed E-state index contributed by atoms with van der Waals surface area (Å²) in [5, 5.41) is 11.5. The Hall–Kier alpha value is -2.04. The van der Waals surface area contributed by atoms with Crippen LogP contribution in [0.2, 0.25) is 0 Å². The first-order chi connectivity index (χ1) is 10.1. The van der Waals surface area contributed by atoms with E-state index in [2.05, 4.69) is 5.32 Å². The van der Waals surface area contributed by atoms with Gasteiger partial charge < -0.3 is 15.2 Å². The molecule has 1 unspecified atom stereocenters. The third-order valence-corrected chi connectivity index (χ3v) is 3.17. The third kappa shape index (κ3) is 6.29. The Morgan fingerprint density at radius 3 is 2.62 bits per heavy atom. The number of carbonyl (C=O) groups excluding carboxylic acids is 1. The quantitative estimate of drug-likeness (QED) is 0.733. The number of para-hydroxylation sites is 1. The highest BCUT2D eigenvalue weighted by Gasteiger charge is 2.14. The van der Waals surface area contributed by atoms with Crippen LogP contribution in [0.3, 0.4) is 0 Å². The molecular formula is C16H23NO4. The van der Waals surface area contributed by atoms with E-state index in [-0.39, 0.29) is 18.4 Å². The average Bonchev–Trinajstić information content (AvgIpc) is 2.45. The van der Waals surface area contributed by atoms with Crippen molar-refractivity contribution in [3.8, 4) is 5.75 Å². The number of carboxylic acid groups (broad SMARTS) is 1. The van der Waals surface area contributed by atoms with Gasteiger partial charge in [0.05, 0.1) is 13.0 Å². The van der Waals surface area contributed by atoms with Gasteiger partial charge in [-0.2, -0.15) is 0 Å². The van der Waals surface area contributed by atoms with Gasteiger partial charge in [-0.15, -0.1) is 0 Å². The minimum atomic E-state index is -0.899. The van der Waals surface area contributed by atoms with Gasteiger partial charge in [0.2, 0.25) is 5.91 Å². The highest BCUT2D eigenvalue weighted by Crippen LogP contribution is 2.19. The lowest BCUT2D eigenvalue weighted by atomic mass is 10.1. The predicted molar refractivity (Wildman–Crippen MR) is 80.4 cm³/mol. The van der Waals surface area contributed by atoms with Crippen LogP contribution in [0.5, 0.6) is 5.75 Å².